The topological polar surface area (TPSA) is 55.8 Å². The molecule has 1 aromatic rings. The third-order valence-corrected chi connectivity index (χ3v) is 4.77. The number of halogens is 1. The van der Waals surface area contributed by atoms with Gasteiger partial charge in [-0.2, -0.15) is 0 Å². The Balaban J connectivity index is 0.00000338. The minimum Gasteiger partial charge on any atom is -0.363 e. The fraction of sp³-hybridized carbons (Fsp3) is 0.684. The van der Waals surface area contributed by atoms with Crippen LogP contribution in [0.4, 0.5) is 5.82 Å². The number of guanidine groups is 1. The lowest BCUT2D eigenvalue weighted by Crippen LogP contribution is -2.39. The molecule has 1 aliphatic heterocycles. The van der Waals surface area contributed by atoms with Crippen LogP contribution >= 0.6 is 24.0 Å². The molecule has 1 saturated heterocycles. The second-order valence-electron chi connectivity index (χ2n) is 7.15. The number of anilines is 1. The number of pyridine rings is 1. The molecule has 7 heteroatoms. The lowest BCUT2D eigenvalue weighted by molar-refractivity contribution is 0.191. The van der Waals surface area contributed by atoms with Crippen LogP contribution in [0.2, 0.25) is 0 Å². The van der Waals surface area contributed by atoms with E-state index >= 15 is 0 Å². The highest BCUT2D eigenvalue weighted by Crippen LogP contribution is 2.15. The average molecular weight is 474 g/mol. The summed E-state index contributed by atoms with van der Waals surface area (Å²) in [4.78, 5) is 13.2. The molecule has 0 aromatic carbocycles. The van der Waals surface area contributed by atoms with Crippen LogP contribution in [0, 0.1) is 5.92 Å². The summed E-state index contributed by atoms with van der Waals surface area (Å²) in [5.74, 6) is 2.73. The summed E-state index contributed by atoms with van der Waals surface area (Å²) < 4.78 is 0. The number of nitrogens with one attached hydrogen (secondary N) is 2. The Hall–Kier alpha value is -1.09. The van der Waals surface area contributed by atoms with E-state index in [1.54, 1.807) is 0 Å². The lowest BCUT2D eigenvalue weighted by atomic mass is 9.99. The zero-order valence-corrected chi connectivity index (χ0v) is 19.0. The van der Waals surface area contributed by atoms with Crippen molar-refractivity contribution in [3.63, 3.8) is 0 Å². The molecule has 2 N–H and O–H groups in total. The molecular weight excluding hydrogens is 439 g/mol. The first-order valence-corrected chi connectivity index (χ1v) is 9.37. The highest BCUT2D eigenvalue weighted by Gasteiger charge is 2.14. The van der Waals surface area contributed by atoms with E-state index in [2.05, 4.69) is 38.5 Å². The molecule has 0 radical (unpaired) electrons. The average Bonchev–Trinajstić information content (AvgIpc) is 2.63. The number of hydrogen-bond donors (Lipinski definition) is 2. The summed E-state index contributed by atoms with van der Waals surface area (Å²) in [6, 6.07) is 4.13. The molecule has 0 aliphatic carbocycles. The molecule has 1 fully saturated rings. The first kappa shape index (κ1) is 23.0. The molecule has 0 bridgehead atoms. The number of aliphatic imine (C=N–C) groups is 1. The van der Waals surface area contributed by atoms with Crippen LogP contribution in [0.25, 0.3) is 0 Å². The molecule has 26 heavy (non-hydrogen) atoms. The Bertz CT molecular complexity index is 541. The third-order valence-electron chi connectivity index (χ3n) is 4.77. The monoisotopic (exact) mass is 474 g/mol. The van der Waals surface area contributed by atoms with Crippen molar-refractivity contribution in [2.45, 2.75) is 32.7 Å². The first-order valence-electron chi connectivity index (χ1n) is 9.37. The predicted molar refractivity (Wildman–Crippen MR) is 122 cm³/mol. The van der Waals surface area contributed by atoms with Gasteiger partial charge in [-0.15, -0.1) is 24.0 Å². The van der Waals surface area contributed by atoms with Gasteiger partial charge in [0.15, 0.2) is 5.96 Å². The van der Waals surface area contributed by atoms with Gasteiger partial charge in [-0.05, 0) is 62.5 Å². The fourth-order valence-electron chi connectivity index (χ4n) is 3.02. The van der Waals surface area contributed by atoms with E-state index in [0.717, 1.165) is 37.2 Å². The zero-order chi connectivity index (χ0) is 18.1. The van der Waals surface area contributed by atoms with Crippen LogP contribution in [0.5, 0.6) is 0 Å². The molecule has 1 aliphatic rings. The maximum Gasteiger partial charge on any atom is 0.191 e. The second-order valence-corrected chi connectivity index (χ2v) is 7.15. The van der Waals surface area contributed by atoms with Crippen LogP contribution in [-0.4, -0.2) is 63.2 Å². The smallest absolute Gasteiger partial charge is 0.191 e. The van der Waals surface area contributed by atoms with E-state index in [0.29, 0.717) is 0 Å². The minimum absolute atomic E-state index is 0. The van der Waals surface area contributed by atoms with E-state index in [9.17, 15) is 0 Å². The van der Waals surface area contributed by atoms with Gasteiger partial charge in [0.1, 0.15) is 5.82 Å². The molecule has 2 heterocycles. The molecule has 0 unspecified atom stereocenters. The normalized spacial score (nSPS) is 16.1. The van der Waals surface area contributed by atoms with Crippen molar-refractivity contribution >= 4 is 35.8 Å². The first-order chi connectivity index (χ1) is 12.1. The van der Waals surface area contributed by atoms with Crippen molar-refractivity contribution in [1.82, 2.24) is 20.5 Å². The Kier molecular flexibility index (Phi) is 10.9. The highest BCUT2D eigenvalue weighted by molar-refractivity contribution is 14.0. The zero-order valence-electron chi connectivity index (χ0n) is 16.7. The van der Waals surface area contributed by atoms with Crippen molar-refractivity contribution in [2.75, 3.05) is 52.2 Å². The van der Waals surface area contributed by atoms with Gasteiger partial charge in [-0.3, -0.25) is 4.99 Å². The largest absolute Gasteiger partial charge is 0.363 e. The van der Waals surface area contributed by atoms with Crippen LogP contribution < -0.4 is 15.5 Å². The van der Waals surface area contributed by atoms with E-state index in [4.69, 9.17) is 0 Å². The molecular formula is C19H35IN6. The van der Waals surface area contributed by atoms with Gasteiger partial charge in [0.2, 0.25) is 0 Å². The summed E-state index contributed by atoms with van der Waals surface area (Å²) in [6.45, 7) is 7.74. The van der Waals surface area contributed by atoms with Gasteiger partial charge in [0, 0.05) is 40.4 Å². The summed E-state index contributed by atoms with van der Waals surface area (Å²) >= 11 is 0. The molecule has 2 rings (SSSR count). The van der Waals surface area contributed by atoms with Crippen LogP contribution in [0.15, 0.2) is 23.3 Å². The highest BCUT2D eigenvalue weighted by atomic mass is 127. The van der Waals surface area contributed by atoms with E-state index < -0.39 is 0 Å². The summed E-state index contributed by atoms with van der Waals surface area (Å²) in [6.07, 6.45) is 5.69. The molecule has 148 valence electrons. The van der Waals surface area contributed by atoms with Crippen LogP contribution in [0.3, 0.4) is 0 Å². The van der Waals surface area contributed by atoms with E-state index in [1.807, 2.05) is 38.3 Å². The number of hydrogen-bond acceptors (Lipinski definition) is 4. The maximum absolute atomic E-state index is 4.34. The lowest BCUT2D eigenvalue weighted by Gasteiger charge is -2.30. The Morgan fingerprint density at radius 2 is 2.04 bits per heavy atom. The number of piperidine rings is 1. The number of aromatic nitrogens is 1. The van der Waals surface area contributed by atoms with E-state index in [1.165, 1.54) is 38.0 Å². The van der Waals surface area contributed by atoms with Gasteiger partial charge in [-0.1, -0.05) is 6.92 Å². The summed E-state index contributed by atoms with van der Waals surface area (Å²) in [7, 11) is 5.82. The van der Waals surface area contributed by atoms with Crippen LogP contribution in [0.1, 0.15) is 31.7 Å². The maximum atomic E-state index is 4.34. The molecule has 0 amide bonds. The van der Waals surface area contributed by atoms with Gasteiger partial charge in [0.05, 0.1) is 0 Å². The summed E-state index contributed by atoms with van der Waals surface area (Å²) in [5, 5.41) is 6.79. The van der Waals surface area contributed by atoms with Gasteiger partial charge < -0.3 is 20.4 Å². The van der Waals surface area contributed by atoms with Crippen molar-refractivity contribution in [2.24, 2.45) is 10.9 Å². The summed E-state index contributed by atoms with van der Waals surface area (Å²) in [5.41, 5.74) is 1.20. The molecule has 0 saturated carbocycles. The van der Waals surface area contributed by atoms with Crippen molar-refractivity contribution in [1.29, 1.82) is 0 Å². The molecule has 6 nitrogen and oxygen atoms in total. The third kappa shape index (κ3) is 8.07. The predicted octanol–water partition coefficient (Wildman–Crippen LogP) is 2.55. The standard InChI is InChI=1S/C19H34N6.HI/c1-16-7-12-25(13-8-16)11-5-9-22-19(20-2)23-15-17-6-10-21-18(14-17)24(3)4;/h6,10,14,16H,5,7-9,11-13,15H2,1-4H3,(H2,20,22,23);1H. The van der Waals surface area contributed by atoms with E-state index in [-0.39, 0.29) is 24.0 Å². The van der Waals surface area contributed by atoms with Gasteiger partial charge >= 0.3 is 0 Å². The van der Waals surface area contributed by atoms with Gasteiger partial charge in [-0.25, -0.2) is 4.98 Å². The molecule has 1 aromatic heterocycles. The van der Waals surface area contributed by atoms with Crippen molar-refractivity contribution in [3.8, 4) is 0 Å². The van der Waals surface area contributed by atoms with Crippen molar-refractivity contribution in [3.05, 3.63) is 23.9 Å². The second kappa shape index (κ2) is 12.3. The quantitative estimate of drug-likeness (QED) is 0.276. The molecule has 0 spiro atoms. The number of rotatable bonds is 7. The number of likely N-dealkylation sites (tertiary alicyclic amines) is 1. The Morgan fingerprint density at radius 1 is 1.31 bits per heavy atom. The minimum atomic E-state index is 0. The Labute approximate surface area is 175 Å². The fourth-order valence-corrected chi connectivity index (χ4v) is 3.02. The van der Waals surface area contributed by atoms with Gasteiger partial charge in [0.25, 0.3) is 0 Å². The number of nitrogens with zero attached hydrogens (tertiary/aromatic N) is 4. The SMILES string of the molecule is CN=C(NCCCN1CCC(C)CC1)NCc1ccnc(N(C)C)c1.I. The van der Waals surface area contributed by atoms with Crippen LogP contribution in [-0.2, 0) is 6.54 Å². The molecule has 0 atom stereocenters. The van der Waals surface area contributed by atoms with Crippen molar-refractivity contribution < 1.29 is 0 Å². The Morgan fingerprint density at radius 3 is 2.69 bits per heavy atom.